The number of hydrogen-bond acceptors (Lipinski definition) is 6. The molecule has 0 radical (unpaired) electrons. The van der Waals surface area contributed by atoms with Crippen LogP contribution in [0.2, 0.25) is 0 Å². The van der Waals surface area contributed by atoms with E-state index in [0.29, 0.717) is 17.9 Å². The van der Waals surface area contributed by atoms with Gasteiger partial charge in [0.25, 0.3) is 0 Å². The van der Waals surface area contributed by atoms with Gasteiger partial charge >= 0.3 is 5.97 Å². The second-order valence-electron chi connectivity index (χ2n) is 11.5. The number of aliphatic hydroxyl groups excluding tert-OH is 1. The maximum Gasteiger partial charge on any atom is 0.303 e. The van der Waals surface area contributed by atoms with E-state index in [-0.39, 0.29) is 29.9 Å². The maximum atomic E-state index is 13.3. The Morgan fingerprint density at radius 3 is 2.45 bits per heavy atom. The number of benzene rings is 2. The number of carboxylic acid groups (broad SMARTS) is 1. The molecule has 1 aromatic heterocycles. The smallest absolute Gasteiger partial charge is 0.303 e. The number of hydrogen-bond donors (Lipinski definition) is 3. The molecule has 9 heteroatoms. The molecule has 1 atom stereocenters. The number of nitrogens with one attached hydrogen (secondary N) is 1. The molecule has 0 bridgehead atoms. The number of likely N-dealkylation sites (N-methyl/N-ethyl adjacent to an activating group) is 1. The summed E-state index contributed by atoms with van der Waals surface area (Å²) in [5, 5.41) is 23.1. The van der Waals surface area contributed by atoms with Crippen molar-refractivity contribution >= 4 is 16.0 Å². The number of aryl methyl sites for hydroxylation is 1. The molecule has 0 amide bonds. The van der Waals surface area contributed by atoms with E-state index in [1.807, 2.05) is 24.3 Å². The first-order chi connectivity index (χ1) is 18.9. The van der Waals surface area contributed by atoms with Crippen molar-refractivity contribution in [2.45, 2.75) is 62.5 Å². The Kier molecular flexibility index (Phi) is 9.41. The predicted octanol–water partition coefficient (Wildman–Crippen LogP) is 3.92. The first kappa shape index (κ1) is 29.9. The standard InChI is InChI=1S/C31H39N3O5S/c1-31(2,17-23-14-24-8-4-5-9-25(24)15-23)33-19-28(35)21-34(3)40(38,39)29-16-27(18-32-20-29)26-10-6-7-22(13-26)11-12-30(36)37/h4-10,13,16,18,20,23,28,33,35H,11-12,14-15,17,19,21H2,1-3H3,(H,36,37)/t28-/m1/s1. The first-order valence-electron chi connectivity index (χ1n) is 13.7. The monoisotopic (exact) mass is 565 g/mol. The van der Waals surface area contributed by atoms with Crippen molar-refractivity contribution in [3.63, 3.8) is 0 Å². The molecule has 8 nitrogen and oxygen atoms in total. The molecule has 0 saturated carbocycles. The van der Waals surface area contributed by atoms with Crippen LogP contribution in [-0.4, -0.2) is 65.7 Å². The topological polar surface area (TPSA) is 120 Å². The van der Waals surface area contributed by atoms with E-state index < -0.39 is 22.1 Å². The Balaban J connectivity index is 1.34. The number of β-amino-alcohol motifs (C(OH)–C–C–N with tert-alkyl or cyclic N) is 1. The minimum absolute atomic E-state index is 0.0180. The molecule has 214 valence electrons. The van der Waals surface area contributed by atoms with Crippen molar-refractivity contribution in [1.82, 2.24) is 14.6 Å². The van der Waals surface area contributed by atoms with Gasteiger partial charge in [0.15, 0.2) is 0 Å². The number of pyridine rings is 1. The van der Waals surface area contributed by atoms with Crippen molar-refractivity contribution in [2.24, 2.45) is 5.92 Å². The van der Waals surface area contributed by atoms with Gasteiger partial charge in [0.2, 0.25) is 10.0 Å². The van der Waals surface area contributed by atoms with Crippen LogP contribution in [0.4, 0.5) is 0 Å². The number of carboxylic acids is 1. The Morgan fingerprint density at radius 2 is 1.77 bits per heavy atom. The largest absolute Gasteiger partial charge is 0.481 e. The van der Waals surface area contributed by atoms with E-state index >= 15 is 0 Å². The highest BCUT2D eigenvalue weighted by Gasteiger charge is 2.29. The summed E-state index contributed by atoms with van der Waals surface area (Å²) in [6.45, 7) is 4.46. The lowest BCUT2D eigenvalue weighted by Crippen LogP contribution is -2.47. The molecule has 40 heavy (non-hydrogen) atoms. The van der Waals surface area contributed by atoms with Crippen LogP contribution in [0.1, 0.15) is 43.4 Å². The van der Waals surface area contributed by atoms with E-state index in [1.54, 1.807) is 12.3 Å². The highest BCUT2D eigenvalue weighted by molar-refractivity contribution is 7.89. The molecule has 1 aliphatic carbocycles. The molecule has 3 N–H and O–H groups in total. The lowest BCUT2D eigenvalue weighted by atomic mass is 9.88. The Hall–Kier alpha value is -3.11. The number of aliphatic hydroxyl groups is 1. The summed E-state index contributed by atoms with van der Waals surface area (Å²) >= 11 is 0. The lowest BCUT2D eigenvalue weighted by molar-refractivity contribution is -0.136. The molecule has 0 unspecified atom stereocenters. The van der Waals surface area contributed by atoms with Gasteiger partial charge in [0.1, 0.15) is 4.90 Å². The highest BCUT2D eigenvalue weighted by Crippen LogP contribution is 2.32. The van der Waals surface area contributed by atoms with Crippen LogP contribution in [0, 0.1) is 5.92 Å². The van der Waals surface area contributed by atoms with Gasteiger partial charge in [-0.3, -0.25) is 9.78 Å². The van der Waals surface area contributed by atoms with Crippen molar-refractivity contribution in [1.29, 1.82) is 0 Å². The number of aliphatic carboxylic acids is 1. The molecule has 0 spiro atoms. The van der Waals surface area contributed by atoms with Gasteiger partial charge < -0.3 is 15.5 Å². The summed E-state index contributed by atoms with van der Waals surface area (Å²) in [5.41, 5.74) is 4.85. The van der Waals surface area contributed by atoms with Crippen LogP contribution < -0.4 is 5.32 Å². The van der Waals surface area contributed by atoms with E-state index in [1.165, 1.54) is 24.4 Å². The van der Waals surface area contributed by atoms with Crippen LogP contribution in [0.15, 0.2) is 71.9 Å². The molecular formula is C31H39N3O5S. The summed E-state index contributed by atoms with van der Waals surface area (Å²) in [6, 6.07) is 17.5. The molecule has 2 aromatic carbocycles. The van der Waals surface area contributed by atoms with Crippen molar-refractivity contribution < 1.29 is 23.4 Å². The predicted molar refractivity (Wildman–Crippen MR) is 155 cm³/mol. The summed E-state index contributed by atoms with van der Waals surface area (Å²) in [4.78, 5) is 15.1. The summed E-state index contributed by atoms with van der Waals surface area (Å²) in [5.74, 6) is -0.332. The zero-order valence-corrected chi connectivity index (χ0v) is 24.2. The van der Waals surface area contributed by atoms with E-state index in [4.69, 9.17) is 5.11 Å². The van der Waals surface area contributed by atoms with Gasteiger partial charge in [-0.05, 0) is 73.8 Å². The van der Waals surface area contributed by atoms with Crippen LogP contribution >= 0.6 is 0 Å². The van der Waals surface area contributed by atoms with Crippen molar-refractivity contribution in [2.75, 3.05) is 20.1 Å². The molecule has 0 saturated heterocycles. The first-order valence-corrected chi connectivity index (χ1v) is 15.1. The van der Waals surface area contributed by atoms with Crippen LogP contribution in [0.3, 0.4) is 0 Å². The molecule has 3 aromatic rings. The number of aromatic nitrogens is 1. The molecule has 4 rings (SSSR count). The zero-order chi connectivity index (χ0) is 28.9. The molecule has 0 aliphatic heterocycles. The fourth-order valence-corrected chi connectivity index (χ4v) is 6.70. The molecule has 1 aliphatic rings. The Bertz CT molecular complexity index is 1420. The average molecular weight is 566 g/mol. The molecule has 0 fully saturated rings. The fourth-order valence-electron chi connectivity index (χ4n) is 5.50. The summed E-state index contributed by atoms with van der Waals surface area (Å²) < 4.78 is 27.8. The normalized spacial score (nSPS) is 14.8. The highest BCUT2D eigenvalue weighted by atomic mass is 32.2. The number of fused-ring (bicyclic) bond motifs is 1. The summed E-state index contributed by atoms with van der Waals surface area (Å²) in [7, 11) is -2.44. The third kappa shape index (κ3) is 7.75. The Labute approximate surface area is 237 Å². The van der Waals surface area contributed by atoms with E-state index in [9.17, 15) is 18.3 Å². The third-order valence-corrected chi connectivity index (χ3v) is 9.32. The van der Waals surface area contributed by atoms with Gasteiger partial charge in [-0.1, -0.05) is 48.5 Å². The Morgan fingerprint density at radius 1 is 1.07 bits per heavy atom. The lowest BCUT2D eigenvalue weighted by Gasteiger charge is -2.31. The zero-order valence-electron chi connectivity index (χ0n) is 23.4. The van der Waals surface area contributed by atoms with Gasteiger partial charge in [-0.15, -0.1) is 0 Å². The quantitative estimate of drug-likeness (QED) is 0.287. The number of carbonyl (C=O) groups is 1. The summed E-state index contributed by atoms with van der Waals surface area (Å²) in [6.07, 6.45) is 5.48. The second-order valence-corrected chi connectivity index (χ2v) is 13.5. The molecule has 1 heterocycles. The maximum absolute atomic E-state index is 13.3. The average Bonchev–Trinajstić information content (AvgIpc) is 3.32. The SMILES string of the molecule is CN(C[C@H](O)CNC(C)(C)CC1Cc2ccccc2C1)S(=O)(=O)c1cncc(-c2cccc(CCC(=O)O)c2)c1. The van der Waals surface area contributed by atoms with Gasteiger partial charge in [-0.25, -0.2) is 8.42 Å². The van der Waals surface area contributed by atoms with Gasteiger partial charge in [0, 0.05) is 50.1 Å². The van der Waals surface area contributed by atoms with Crippen LogP contribution in [-0.2, 0) is 34.1 Å². The van der Waals surface area contributed by atoms with Gasteiger partial charge in [0.05, 0.1) is 6.10 Å². The minimum atomic E-state index is -3.89. The van der Waals surface area contributed by atoms with E-state index in [2.05, 4.69) is 48.4 Å². The second kappa shape index (κ2) is 12.6. The number of rotatable bonds is 13. The number of sulfonamides is 1. The third-order valence-electron chi connectivity index (χ3n) is 7.53. The van der Waals surface area contributed by atoms with Crippen molar-refractivity contribution in [3.8, 4) is 11.1 Å². The van der Waals surface area contributed by atoms with Crippen molar-refractivity contribution in [3.05, 3.63) is 83.7 Å². The number of nitrogens with zero attached hydrogens (tertiary/aromatic N) is 2. The van der Waals surface area contributed by atoms with Crippen LogP contribution in [0.25, 0.3) is 11.1 Å². The van der Waals surface area contributed by atoms with Crippen LogP contribution in [0.5, 0.6) is 0 Å². The minimum Gasteiger partial charge on any atom is -0.481 e. The van der Waals surface area contributed by atoms with E-state index in [0.717, 1.165) is 34.7 Å². The molecular weight excluding hydrogens is 526 g/mol. The van der Waals surface area contributed by atoms with Gasteiger partial charge in [-0.2, -0.15) is 4.31 Å². The fraction of sp³-hybridized carbons (Fsp3) is 0.419.